The number of anilines is 6. The van der Waals surface area contributed by atoms with Crippen molar-refractivity contribution in [2.45, 2.75) is 6.92 Å². The number of para-hydroxylation sites is 1. The van der Waals surface area contributed by atoms with E-state index in [1.807, 2.05) is 31.2 Å². The normalized spacial score (nSPS) is 11.6. The minimum atomic E-state index is 0.558. The molecule has 0 saturated carbocycles. The lowest BCUT2D eigenvalue weighted by Crippen LogP contribution is -2.11. The summed E-state index contributed by atoms with van der Waals surface area (Å²) < 4.78 is 1.19. The fraction of sp³-hybridized carbons (Fsp3) is 0.0345. The van der Waals surface area contributed by atoms with Crippen LogP contribution in [0.15, 0.2) is 231 Å². The van der Waals surface area contributed by atoms with Gasteiger partial charge in [-0.15, -0.1) is 23.1 Å². The summed E-state index contributed by atoms with van der Waals surface area (Å²) in [4.78, 5) is 9.60. The standard InChI is InChI=1S/C58H44N4S2/c1-2-3-4-11-40-63-57(59)45-28-36-49(37-29-45)61(54-21-12-16-43-14-5-7-18-51(43)54)47-32-24-41(25-33-47)42-26-34-48(35-27-42)62(55-22-13-17-44-15-6-8-19-52(44)55)50-38-30-46(31-39-50)58-60-53-20-9-10-23-56(53)64-58/h2-39,59H,40H2,1H3/b3-2-,11-4-,59-57?. The van der Waals surface area contributed by atoms with Crippen molar-refractivity contribution in [3.63, 3.8) is 0 Å². The van der Waals surface area contributed by atoms with E-state index in [9.17, 15) is 0 Å². The number of aromatic nitrogens is 1. The van der Waals surface area contributed by atoms with Gasteiger partial charge in [0, 0.05) is 50.4 Å². The molecule has 4 nitrogen and oxygen atoms in total. The van der Waals surface area contributed by atoms with E-state index in [4.69, 9.17) is 10.4 Å². The molecule has 308 valence electrons. The van der Waals surface area contributed by atoms with E-state index in [0.717, 1.165) is 72.7 Å². The Morgan fingerprint density at radius 3 is 1.52 bits per heavy atom. The van der Waals surface area contributed by atoms with E-state index < -0.39 is 0 Å². The van der Waals surface area contributed by atoms with Crippen molar-refractivity contribution in [3.05, 3.63) is 236 Å². The second-order valence-corrected chi connectivity index (χ2v) is 17.5. The molecular formula is C58H44N4S2. The van der Waals surface area contributed by atoms with Crippen molar-refractivity contribution in [2.24, 2.45) is 0 Å². The summed E-state index contributed by atoms with van der Waals surface area (Å²) in [5, 5.41) is 15.1. The smallest absolute Gasteiger partial charge is 0.124 e. The van der Waals surface area contributed by atoms with Gasteiger partial charge in [-0.2, -0.15) is 0 Å². The predicted molar refractivity (Wildman–Crippen MR) is 278 cm³/mol. The Morgan fingerprint density at radius 1 is 0.516 bits per heavy atom. The lowest BCUT2D eigenvalue weighted by atomic mass is 10.0. The van der Waals surface area contributed by atoms with E-state index in [1.165, 1.54) is 38.0 Å². The molecule has 10 rings (SSSR count). The van der Waals surface area contributed by atoms with E-state index in [2.05, 4.69) is 216 Å². The predicted octanol–water partition coefficient (Wildman–Crippen LogP) is 17.1. The minimum Gasteiger partial charge on any atom is -0.310 e. The van der Waals surface area contributed by atoms with Crippen LogP contribution in [0.4, 0.5) is 34.1 Å². The zero-order valence-electron chi connectivity index (χ0n) is 35.3. The second-order valence-electron chi connectivity index (χ2n) is 15.4. The maximum Gasteiger partial charge on any atom is 0.124 e. The number of nitrogens with zero attached hydrogens (tertiary/aromatic N) is 3. The molecule has 9 aromatic carbocycles. The van der Waals surface area contributed by atoms with E-state index in [1.54, 1.807) is 11.3 Å². The molecule has 0 bridgehead atoms. The SMILES string of the molecule is C/C=C\C=C/CSC(=N)c1ccc(N(c2ccc(-c3ccc(N(c4ccc(-c5nc6ccccc6s5)cc4)c4cccc5ccccc45)cc3)cc2)c2cccc3ccccc23)cc1. The molecule has 1 heterocycles. The first-order valence-electron chi connectivity index (χ1n) is 21.4. The number of thiazole rings is 1. The van der Waals surface area contributed by atoms with E-state index in [0.29, 0.717) is 5.04 Å². The summed E-state index contributed by atoms with van der Waals surface area (Å²) in [7, 11) is 0. The van der Waals surface area contributed by atoms with Crippen molar-refractivity contribution >= 4 is 94.0 Å². The van der Waals surface area contributed by atoms with Gasteiger partial charge in [-0.1, -0.05) is 146 Å². The topological polar surface area (TPSA) is 43.2 Å². The van der Waals surface area contributed by atoms with E-state index >= 15 is 0 Å². The fourth-order valence-electron chi connectivity index (χ4n) is 8.24. The van der Waals surface area contributed by atoms with Gasteiger partial charge in [0.2, 0.25) is 0 Å². The Labute approximate surface area is 382 Å². The fourth-order valence-corrected chi connectivity index (χ4v) is 9.89. The summed E-state index contributed by atoms with van der Waals surface area (Å²) in [6.45, 7) is 2.00. The Bertz CT molecular complexity index is 3250. The van der Waals surface area contributed by atoms with E-state index in [-0.39, 0.29) is 0 Å². The van der Waals surface area contributed by atoms with Crippen LogP contribution < -0.4 is 9.80 Å². The third-order valence-electron chi connectivity index (χ3n) is 11.4. The molecule has 0 amide bonds. The molecule has 0 fully saturated rings. The first-order valence-corrected chi connectivity index (χ1v) is 23.2. The van der Waals surface area contributed by atoms with Crippen LogP contribution in [0.5, 0.6) is 0 Å². The van der Waals surface area contributed by atoms with Crippen LogP contribution in [0.1, 0.15) is 12.5 Å². The number of thioether (sulfide) groups is 1. The number of fused-ring (bicyclic) bond motifs is 3. The molecule has 0 unspecified atom stereocenters. The van der Waals surface area contributed by atoms with Crippen molar-refractivity contribution in [1.82, 2.24) is 4.98 Å². The number of hydrogen-bond donors (Lipinski definition) is 1. The van der Waals surface area contributed by atoms with Crippen molar-refractivity contribution in [3.8, 4) is 21.7 Å². The highest BCUT2D eigenvalue weighted by Gasteiger charge is 2.19. The Morgan fingerprint density at radius 2 is 0.984 bits per heavy atom. The second kappa shape index (κ2) is 18.5. The lowest BCUT2D eigenvalue weighted by Gasteiger charge is -2.27. The lowest BCUT2D eigenvalue weighted by molar-refractivity contribution is 1.29. The maximum absolute atomic E-state index is 8.73. The van der Waals surface area contributed by atoms with Gasteiger partial charge < -0.3 is 9.80 Å². The van der Waals surface area contributed by atoms with Gasteiger partial charge in [0.05, 0.1) is 26.6 Å². The van der Waals surface area contributed by atoms with Crippen LogP contribution in [0.25, 0.3) is 53.5 Å². The molecule has 1 aromatic heterocycles. The molecule has 0 atom stereocenters. The van der Waals surface area contributed by atoms with Gasteiger partial charge in [-0.25, -0.2) is 4.98 Å². The van der Waals surface area contributed by atoms with Crippen LogP contribution >= 0.6 is 23.1 Å². The first-order chi connectivity index (χ1) is 31.6. The van der Waals surface area contributed by atoms with Crippen LogP contribution in [-0.2, 0) is 0 Å². The maximum atomic E-state index is 8.73. The summed E-state index contributed by atoms with van der Waals surface area (Å²) in [6, 6.07) is 73.4. The average Bonchev–Trinajstić information content (AvgIpc) is 3.80. The number of hydrogen-bond acceptors (Lipinski definition) is 6. The zero-order chi connectivity index (χ0) is 43.2. The molecule has 10 aromatic rings. The highest BCUT2D eigenvalue weighted by Crippen LogP contribution is 2.42. The molecule has 64 heavy (non-hydrogen) atoms. The average molecular weight is 861 g/mol. The van der Waals surface area contributed by atoms with Gasteiger partial charge in [0.25, 0.3) is 0 Å². The molecule has 1 N–H and O–H groups in total. The van der Waals surface area contributed by atoms with Crippen LogP contribution in [0.3, 0.4) is 0 Å². The summed E-state index contributed by atoms with van der Waals surface area (Å²) in [5.41, 5.74) is 11.8. The third-order valence-corrected chi connectivity index (χ3v) is 13.4. The Balaban J connectivity index is 0.967. The molecule has 0 aliphatic carbocycles. The number of allylic oxidation sites excluding steroid dienone is 3. The van der Waals surface area contributed by atoms with Crippen LogP contribution in [0.2, 0.25) is 0 Å². The van der Waals surface area contributed by atoms with Gasteiger partial charge in [0.15, 0.2) is 0 Å². The number of benzene rings is 9. The molecular weight excluding hydrogens is 817 g/mol. The quantitative estimate of drug-likeness (QED) is 0.0755. The van der Waals surface area contributed by atoms with Gasteiger partial charge in [0.1, 0.15) is 5.01 Å². The number of rotatable bonds is 12. The summed E-state index contributed by atoms with van der Waals surface area (Å²) >= 11 is 3.26. The third kappa shape index (κ3) is 8.37. The molecule has 0 saturated heterocycles. The minimum absolute atomic E-state index is 0.558. The molecule has 0 spiro atoms. The highest BCUT2D eigenvalue weighted by molar-refractivity contribution is 8.14. The van der Waals surface area contributed by atoms with Gasteiger partial charge in [-0.3, -0.25) is 5.41 Å². The highest BCUT2D eigenvalue weighted by atomic mass is 32.2. The molecule has 0 aliphatic rings. The Hall–Kier alpha value is -7.51. The van der Waals surface area contributed by atoms with Gasteiger partial charge in [-0.05, 0) is 114 Å². The first kappa shape index (κ1) is 40.6. The van der Waals surface area contributed by atoms with Crippen LogP contribution in [-0.4, -0.2) is 15.8 Å². The summed E-state index contributed by atoms with van der Waals surface area (Å²) in [6.07, 6.45) is 8.13. The van der Waals surface area contributed by atoms with Gasteiger partial charge >= 0.3 is 0 Å². The Kier molecular flexibility index (Phi) is 11.7. The molecule has 0 radical (unpaired) electrons. The monoisotopic (exact) mass is 860 g/mol. The number of nitrogens with one attached hydrogen (secondary N) is 1. The van der Waals surface area contributed by atoms with Crippen molar-refractivity contribution < 1.29 is 0 Å². The summed E-state index contributed by atoms with van der Waals surface area (Å²) in [5.74, 6) is 0.755. The van der Waals surface area contributed by atoms with Crippen molar-refractivity contribution in [1.29, 1.82) is 5.41 Å². The van der Waals surface area contributed by atoms with Crippen molar-refractivity contribution in [2.75, 3.05) is 15.6 Å². The van der Waals surface area contributed by atoms with Crippen LogP contribution in [0, 0.1) is 5.41 Å². The molecule has 6 heteroatoms. The zero-order valence-corrected chi connectivity index (χ0v) is 36.9. The molecule has 0 aliphatic heterocycles. The largest absolute Gasteiger partial charge is 0.310 e.